The smallest absolute Gasteiger partial charge is 0.138 e. The number of rotatable bonds is 4. The summed E-state index contributed by atoms with van der Waals surface area (Å²) in [4.78, 5) is 8.38. The molecule has 0 unspecified atom stereocenters. The Morgan fingerprint density at radius 3 is 1.44 bits per heavy atom. The van der Waals surface area contributed by atoms with Gasteiger partial charge in [0.1, 0.15) is 5.82 Å². The molecule has 0 saturated carbocycles. The lowest BCUT2D eigenvalue weighted by atomic mass is 9.85. The van der Waals surface area contributed by atoms with Crippen LogP contribution in [-0.2, 0) is 0 Å². The van der Waals surface area contributed by atoms with E-state index < -0.39 is 0 Å². The number of para-hydroxylation sites is 2. The highest BCUT2D eigenvalue weighted by atomic mass is 14.9. The summed E-state index contributed by atoms with van der Waals surface area (Å²) in [5, 5.41) is 4.99. The first-order chi connectivity index (χ1) is 20.3. The number of nitrogens with zero attached hydrogens (tertiary/aromatic N) is 1. The van der Waals surface area contributed by atoms with Crippen LogP contribution in [0, 0.1) is 0 Å². The minimum Gasteiger partial charge on any atom is -0.338 e. The molecule has 0 spiro atoms. The van der Waals surface area contributed by atoms with Gasteiger partial charge in [0.25, 0.3) is 0 Å². The molecule has 8 rings (SSSR count). The molecule has 41 heavy (non-hydrogen) atoms. The van der Waals surface area contributed by atoms with Gasteiger partial charge < -0.3 is 4.98 Å². The third-order valence-electron chi connectivity index (χ3n) is 8.00. The number of aromatic nitrogens is 2. The Morgan fingerprint density at radius 1 is 0.366 bits per heavy atom. The summed E-state index contributed by atoms with van der Waals surface area (Å²) < 4.78 is 0. The van der Waals surface area contributed by atoms with Crippen LogP contribution in [-0.4, -0.2) is 9.97 Å². The molecule has 2 nitrogen and oxygen atoms in total. The second-order valence-electron chi connectivity index (χ2n) is 10.5. The first kappa shape index (κ1) is 23.4. The van der Waals surface area contributed by atoms with E-state index in [4.69, 9.17) is 4.98 Å². The normalized spacial score (nSPS) is 11.4. The Hall–Kier alpha value is -5.47. The van der Waals surface area contributed by atoms with Crippen LogP contribution < -0.4 is 0 Å². The van der Waals surface area contributed by atoms with Crippen LogP contribution in [0.15, 0.2) is 152 Å². The van der Waals surface area contributed by atoms with Gasteiger partial charge in [0.15, 0.2) is 0 Å². The van der Waals surface area contributed by atoms with E-state index in [0.29, 0.717) is 0 Å². The van der Waals surface area contributed by atoms with Crippen molar-refractivity contribution in [1.82, 2.24) is 9.97 Å². The van der Waals surface area contributed by atoms with E-state index in [9.17, 15) is 0 Å². The SMILES string of the molecule is c1ccc(-c2cccc(-c3c4ccccc4c(-c4cccc(-c5nc6ccccc6[nH]5)c4)c4ccccc34)c2)cc1. The molecule has 1 N–H and O–H groups in total. The Labute approximate surface area is 238 Å². The Balaban J connectivity index is 1.37. The highest BCUT2D eigenvalue weighted by Crippen LogP contribution is 2.44. The molecule has 0 atom stereocenters. The van der Waals surface area contributed by atoms with Gasteiger partial charge in [0.05, 0.1) is 11.0 Å². The first-order valence-electron chi connectivity index (χ1n) is 14.0. The zero-order chi connectivity index (χ0) is 27.2. The standard InChI is InChI=1S/C39H26N2/c1-2-12-26(13-3-1)27-14-10-15-28(24-27)37-31-18-4-6-20-33(31)38(34-21-7-5-19-32(34)37)29-16-11-17-30(25-29)39-40-35-22-8-9-23-36(35)41-39/h1-25H,(H,40,41). The molecule has 0 radical (unpaired) electrons. The van der Waals surface area contributed by atoms with Crippen LogP contribution in [0.3, 0.4) is 0 Å². The van der Waals surface area contributed by atoms with Crippen molar-refractivity contribution in [2.75, 3.05) is 0 Å². The van der Waals surface area contributed by atoms with Gasteiger partial charge in [-0.1, -0.05) is 127 Å². The highest BCUT2D eigenvalue weighted by Gasteiger charge is 2.17. The summed E-state index contributed by atoms with van der Waals surface area (Å²) >= 11 is 0. The monoisotopic (exact) mass is 522 g/mol. The maximum absolute atomic E-state index is 4.87. The second kappa shape index (κ2) is 9.62. The molecule has 0 bridgehead atoms. The van der Waals surface area contributed by atoms with Crippen LogP contribution in [0.4, 0.5) is 0 Å². The molecule has 0 aliphatic carbocycles. The number of aromatic amines is 1. The van der Waals surface area contributed by atoms with Gasteiger partial charge in [-0.3, -0.25) is 0 Å². The van der Waals surface area contributed by atoms with E-state index in [1.807, 2.05) is 18.2 Å². The molecular formula is C39H26N2. The third kappa shape index (κ3) is 4.00. The molecule has 0 aliphatic rings. The summed E-state index contributed by atoms with van der Waals surface area (Å²) in [6.45, 7) is 0. The summed E-state index contributed by atoms with van der Waals surface area (Å²) in [5.74, 6) is 0.885. The van der Waals surface area contributed by atoms with E-state index in [1.165, 1.54) is 54.9 Å². The Morgan fingerprint density at radius 2 is 0.829 bits per heavy atom. The minimum atomic E-state index is 0.885. The fourth-order valence-corrected chi connectivity index (χ4v) is 6.15. The van der Waals surface area contributed by atoms with Crippen LogP contribution >= 0.6 is 0 Å². The highest BCUT2D eigenvalue weighted by molar-refractivity contribution is 6.21. The van der Waals surface area contributed by atoms with E-state index in [1.54, 1.807) is 0 Å². The Kier molecular flexibility index (Phi) is 5.49. The van der Waals surface area contributed by atoms with Gasteiger partial charge in [-0.05, 0) is 79.2 Å². The molecule has 0 amide bonds. The van der Waals surface area contributed by atoms with Gasteiger partial charge in [-0.25, -0.2) is 4.98 Å². The van der Waals surface area contributed by atoms with Crippen LogP contribution in [0.5, 0.6) is 0 Å². The van der Waals surface area contributed by atoms with Crippen molar-refractivity contribution in [3.63, 3.8) is 0 Å². The first-order valence-corrected chi connectivity index (χ1v) is 14.0. The van der Waals surface area contributed by atoms with E-state index in [-0.39, 0.29) is 0 Å². The van der Waals surface area contributed by atoms with Crippen molar-refractivity contribution < 1.29 is 0 Å². The van der Waals surface area contributed by atoms with Crippen LogP contribution in [0.2, 0.25) is 0 Å². The number of H-pyrrole nitrogens is 1. The zero-order valence-corrected chi connectivity index (χ0v) is 22.4. The van der Waals surface area contributed by atoms with E-state index in [0.717, 1.165) is 22.4 Å². The molecule has 7 aromatic carbocycles. The summed E-state index contributed by atoms with van der Waals surface area (Å²) in [7, 11) is 0. The number of nitrogens with one attached hydrogen (secondary N) is 1. The average Bonchev–Trinajstić information content (AvgIpc) is 3.49. The quantitative estimate of drug-likeness (QED) is 0.229. The molecule has 0 fully saturated rings. The van der Waals surface area contributed by atoms with Gasteiger partial charge >= 0.3 is 0 Å². The van der Waals surface area contributed by atoms with Crippen molar-refractivity contribution in [1.29, 1.82) is 0 Å². The molecule has 8 aromatic rings. The molecular weight excluding hydrogens is 496 g/mol. The maximum Gasteiger partial charge on any atom is 0.138 e. The molecule has 0 saturated heterocycles. The number of hydrogen-bond acceptors (Lipinski definition) is 1. The fraction of sp³-hybridized carbons (Fsp3) is 0. The summed E-state index contributed by atoms with van der Waals surface area (Å²) in [6, 6.07) is 54.1. The number of benzene rings is 7. The fourth-order valence-electron chi connectivity index (χ4n) is 6.15. The number of fused-ring (bicyclic) bond motifs is 3. The number of hydrogen-bond donors (Lipinski definition) is 1. The van der Waals surface area contributed by atoms with E-state index >= 15 is 0 Å². The van der Waals surface area contributed by atoms with E-state index in [2.05, 4.69) is 138 Å². The third-order valence-corrected chi connectivity index (χ3v) is 8.00. The summed E-state index contributed by atoms with van der Waals surface area (Å²) in [5.41, 5.74) is 10.5. The minimum absolute atomic E-state index is 0.885. The lowest BCUT2D eigenvalue weighted by molar-refractivity contribution is 1.34. The predicted molar refractivity (Wildman–Crippen MR) is 173 cm³/mol. The van der Waals surface area contributed by atoms with Gasteiger partial charge in [-0.15, -0.1) is 0 Å². The largest absolute Gasteiger partial charge is 0.338 e. The van der Waals surface area contributed by atoms with Crippen molar-refractivity contribution >= 4 is 32.6 Å². The predicted octanol–water partition coefficient (Wildman–Crippen LogP) is 10.5. The maximum atomic E-state index is 4.87. The second-order valence-corrected chi connectivity index (χ2v) is 10.5. The zero-order valence-electron chi connectivity index (χ0n) is 22.4. The average molecular weight is 523 g/mol. The molecule has 1 heterocycles. The molecule has 192 valence electrons. The van der Waals surface area contributed by atoms with Gasteiger partial charge in [-0.2, -0.15) is 0 Å². The summed E-state index contributed by atoms with van der Waals surface area (Å²) in [6.07, 6.45) is 0. The van der Waals surface area contributed by atoms with Crippen molar-refractivity contribution in [2.45, 2.75) is 0 Å². The number of imidazole rings is 1. The molecule has 1 aromatic heterocycles. The topological polar surface area (TPSA) is 28.7 Å². The molecule has 0 aliphatic heterocycles. The van der Waals surface area contributed by atoms with Crippen LogP contribution in [0.25, 0.3) is 77.3 Å². The van der Waals surface area contributed by atoms with Gasteiger partial charge in [0.2, 0.25) is 0 Å². The van der Waals surface area contributed by atoms with Crippen molar-refractivity contribution in [3.8, 4) is 44.8 Å². The van der Waals surface area contributed by atoms with Gasteiger partial charge in [0, 0.05) is 5.56 Å². The lowest BCUT2D eigenvalue weighted by Crippen LogP contribution is -1.91. The van der Waals surface area contributed by atoms with Crippen LogP contribution in [0.1, 0.15) is 0 Å². The van der Waals surface area contributed by atoms with Crippen molar-refractivity contribution in [3.05, 3.63) is 152 Å². The molecule has 2 heteroatoms. The van der Waals surface area contributed by atoms with Crippen molar-refractivity contribution in [2.24, 2.45) is 0 Å². The lowest BCUT2D eigenvalue weighted by Gasteiger charge is -2.18. The Bertz CT molecular complexity index is 2120.